The second kappa shape index (κ2) is 12.2. The Kier molecular flexibility index (Phi) is 7.21. The molecule has 0 amide bonds. The van der Waals surface area contributed by atoms with Gasteiger partial charge < -0.3 is 4.42 Å². The maximum absolute atomic E-state index is 6.68. The van der Waals surface area contributed by atoms with E-state index in [0.717, 1.165) is 67.1 Å². The minimum absolute atomic E-state index is 0.785. The molecule has 0 atom stereocenters. The van der Waals surface area contributed by atoms with Gasteiger partial charge in [0.2, 0.25) is 0 Å². The molecule has 4 heteroatoms. The van der Waals surface area contributed by atoms with Crippen LogP contribution in [0.1, 0.15) is 11.1 Å². The number of aromatic nitrogens is 3. The zero-order valence-corrected chi connectivity index (χ0v) is 27.8. The lowest BCUT2D eigenvalue weighted by Gasteiger charge is -2.12. The maximum Gasteiger partial charge on any atom is 0.168 e. The van der Waals surface area contributed by atoms with E-state index in [2.05, 4.69) is 151 Å². The normalized spacial score (nSPS) is 11.4. The van der Waals surface area contributed by atoms with Crippen molar-refractivity contribution in [1.29, 1.82) is 0 Å². The number of nitrogens with zero attached hydrogens (tertiary/aromatic N) is 3. The van der Waals surface area contributed by atoms with Crippen LogP contribution in [0.5, 0.6) is 0 Å². The molecule has 0 unspecified atom stereocenters. The lowest BCUT2D eigenvalue weighted by Crippen LogP contribution is -2.00. The third-order valence-electron chi connectivity index (χ3n) is 9.50. The predicted octanol–water partition coefficient (Wildman–Crippen LogP) is 12.1. The average molecular weight is 644 g/mol. The summed E-state index contributed by atoms with van der Waals surface area (Å²) in [5.74, 6) is 1.59. The van der Waals surface area contributed by atoms with Crippen molar-refractivity contribution in [3.8, 4) is 61.8 Å². The Morgan fingerprint density at radius 1 is 0.420 bits per heavy atom. The number of furan rings is 1. The lowest BCUT2D eigenvalue weighted by atomic mass is 9.94. The smallest absolute Gasteiger partial charge is 0.168 e. The molecule has 2 aromatic heterocycles. The summed E-state index contributed by atoms with van der Waals surface area (Å²) in [7, 11) is 0. The van der Waals surface area contributed by atoms with Gasteiger partial charge in [-0.05, 0) is 78.1 Å². The van der Waals surface area contributed by atoms with E-state index in [0.29, 0.717) is 0 Å². The molecule has 7 aromatic carbocycles. The number of para-hydroxylation sites is 1. The van der Waals surface area contributed by atoms with Crippen molar-refractivity contribution in [2.75, 3.05) is 0 Å². The van der Waals surface area contributed by atoms with Crippen molar-refractivity contribution in [2.24, 2.45) is 0 Å². The summed E-state index contributed by atoms with van der Waals surface area (Å²) in [5.41, 5.74) is 14.0. The summed E-state index contributed by atoms with van der Waals surface area (Å²) < 4.78 is 8.81. The quantitative estimate of drug-likeness (QED) is 0.181. The topological polar surface area (TPSA) is 43.9 Å². The summed E-state index contributed by atoms with van der Waals surface area (Å²) in [4.78, 5) is 0. The average Bonchev–Trinajstić information content (AvgIpc) is 3.78. The molecule has 0 saturated heterocycles. The van der Waals surface area contributed by atoms with Crippen LogP contribution in [0.15, 0.2) is 168 Å². The molecule has 238 valence electrons. The Morgan fingerprint density at radius 3 is 1.56 bits per heavy atom. The summed E-state index contributed by atoms with van der Waals surface area (Å²) in [6, 6.07) is 57.6. The Bertz CT molecular complexity index is 2620. The molecular formula is C46H33N3O. The van der Waals surface area contributed by atoms with E-state index in [-0.39, 0.29) is 0 Å². The molecule has 4 nitrogen and oxygen atoms in total. The van der Waals surface area contributed by atoms with Gasteiger partial charge in [0.15, 0.2) is 11.6 Å². The second-order valence-electron chi connectivity index (χ2n) is 12.9. The van der Waals surface area contributed by atoms with Gasteiger partial charge in [0.1, 0.15) is 11.2 Å². The van der Waals surface area contributed by atoms with Crippen LogP contribution in [0.25, 0.3) is 83.8 Å². The first-order valence-electron chi connectivity index (χ1n) is 16.9. The number of benzene rings is 7. The van der Waals surface area contributed by atoms with Gasteiger partial charge >= 0.3 is 0 Å². The molecule has 0 fully saturated rings. The van der Waals surface area contributed by atoms with Crippen LogP contribution < -0.4 is 0 Å². The monoisotopic (exact) mass is 643 g/mol. The van der Waals surface area contributed by atoms with Crippen molar-refractivity contribution in [1.82, 2.24) is 14.8 Å². The summed E-state index contributed by atoms with van der Waals surface area (Å²) in [6.45, 7) is 4.24. The van der Waals surface area contributed by atoms with Crippen LogP contribution in [-0.4, -0.2) is 14.8 Å². The molecule has 0 aliphatic heterocycles. The minimum Gasteiger partial charge on any atom is -0.455 e. The van der Waals surface area contributed by atoms with Gasteiger partial charge in [-0.2, -0.15) is 0 Å². The molecule has 2 heterocycles. The number of rotatable bonds is 6. The SMILES string of the molecule is Cc1ccc(-c2ccc3oc4c(-c5ccc(-c6nnc(-c7ccccc7)n6-c6ccccc6)cc5)cc(-c5ccc(C)cc5)cc4c3c2)cc1. The molecule has 0 spiro atoms. The van der Waals surface area contributed by atoms with E-state index in [1.807, 2.05) is 36.4 Å². The molecule has 50 heavy (non-hydrogen) atoms. The Morgan fingerprint density at radius 2 is 0.920 bits per heavy atom. The fourth-order valence-electron chi connectivity index (χ4n) is 6.80. The fourth-order valence-corrected chi connectivity index (χ4v) is 6.80. The highest BCUT2D eigenvalue weighted by molar-refractivity contribution is 6.12. The molecule has 0 aliphatic rings. The number of hydrogen-bond donors (Lipinski definition) is 0. The van der Waals surface area contributed by atoms with Crippen molar-refractivity contribution in [3.05, 3.63) is 175 Å². The van der Waals surface area contributed by atoms with Crippen molar-refractivity contribution < 1.29 is 4.42 Å². The van der Waals surface area contributed by atoms with E-state index in [1.54, 1.807) is 0 Å². The summed E-state index contributed by atoms with van der Waals surface area (Å²) in [6.07, 6.45) is 0. The summed E-state index contributed by atoms with van der Waals surface area (Å²) in [5, 5.41) is 11.6. The molecule has 0 bridgehead atoms. The second-order valence-corrected chi connectivity index (χ2v) is 12.9. The third-order valence-corrected chi connectivity index (χ3v) is 9.50. The molecular weight excluding hydrogens is 611 g/mol. The number of hydrogen-bond acceptors (Lipinski definition) is 3. The van der Waals surface area contributed by atoms with Gasteiger partial charge in [-0.25, -0.2) is 0 Å². The van der Waals surface area contributed by atoms with Gasteiger partial charge in [0.05, 0.1) is 0 Å². The highest BCUT2D eigenvalue weighted by atomic mass is 16.3. The summed E-state index contributed by atoms with van der Waals surface area (Å²) >= 11 is 0. The third kappa shape index (κ3) is 5.28. The zero-order valence-electron chi connectivity index (χ0n) is 27.8. The van der Waals surface area contributed by atoms with Crippen LogP contribution >= 0.6 is 0 Å². The standard InChI is InChI=1S/C46H33N3O/c1-30-13-17-32(18-14-30)37-25-26-43-41(27-37)42-29-38(33-19-15-31(2)16-20-33)28-40(44(42)50-43)34-21-23-36(24-22-34)46-48-47-45(35-9-5-3-6-10-35)49(46)39-11-7-4-8-12-39/h3-29H,1-2H3. The highest BCUT2D eigenvalue weighted by Crippen LogP contribution is 2.41. The van der Waals surface area contributed by atoms with Crippen molar-refractivity contribution in [2.45, 2.75) is 13.8 Å². The minimum atomic E-state index is 0.785. The van der Waals surface area contributed by atoms with Gasteiger partial charge in [-0.3, -0.25) is 4.57 Å². The zero-order chi connectivity index (χ0) is 33.6. The molecule has 0 N–H and O–H groups in total. The van der Waals surface area contributed by atoms with E-state index in [4.69, 9.17) is 9.52 Å². The van der Waals surface area contributed by atoms with Crippen LogP contribution in [0, 0.1) is 13.8 Å². The van der Waals surface area contributed by atoms with E-state index in [9.17, 15) is 0 Å². The molecule has 9 aromatic rings. The lowest BCUT2D eigenvalue weighted by molar-refractivity contribution is 0.670. The maximum atomic E-state index is 6.68. The Balaban J connectivity index is 1.20. The van der Waals surface area contributed by atoms with Gasteiger partial charge in [0, 0.05) is 33.2 Å². The van der Waals surface area contributed by atoms with Crippen LogP contribution in [0.2, 0.25) is 0 Å². The molecule has 0 radical (unpaired) electrons. The number of aryl methyl sites for hydroxylation is 2. The molecule has 9 rings (SSSR count). The predicted molar refractivity (Wildman–Crippen MR) is 205 cm³/mol. The first-order valence-corrected chi connectivity index (χ1v) is 16.9. The van der Waals surface area contributed by atoms with Crippen LogP contribution in [-0.2, 0) is 0 Å². The van der Waals surface area contributed by atoms with E-state index >= 15 is 0 Å². The molecule has 0 saturated carbocycles. The Hall–Kier alpha value is -6.52. The van der Waals surface area contributed by atoms with Crippen molar-refractivity contribution in [3.63, 3.8) is 0 Å². The van der Waals surface area contributed by atoms with Crippen LogP contribution in [0.3, 0.4) is 0 Å². The largest absolute Gasteiger partial charge is 0.455 e. The van der Waals surface area contributed by atoms with E-state index in [1.165, 1.54) is 27.8 Å². The van der Waals surface area contributed by atoms with Crippen molar-refractivity contribution >= 4 is 21.9 Å². The first-order chi connectivity index (χ1) is 24.6. The first kappa shape index (κ1) is 29.6. The fraction of sp³-hybridized carbons (Fsp3) is 0.0435. The van der Waals surface area contributed by atoms with Crippen LogP contribution in [0.4, 0.5) is 0 Å². The molecule has 0 aliphatic carbocycles. The Labute approximate surface area is 290 Å². The highest BCUT2D eigenvalue weighted by Gasteiger charge is 2.19. The van der Waals surface area contributed by atoms with Gasteiger partial charge in [-0.1, -0.05) is 139 Å². The van der Waals surface area contributed by atoms with Gasteiger partial charge in [-0.15, -0.1) is 10.2 Å². The van der Waals surface area contributed by atoms with Gasteiger partial charge in [0.25, 0.3) is 0 Å². The van der Waals surface area contributed by atoms with E-state index < -0.39 is 0 Å². The number of fused-ring (bicyclic) bond motifs is 3.